The summed E-state index contributed by atoms with van der Waals surface area (Å²) >= 11 is 1.75. The first-order chi connectivity index (χ1) is 9.62. The van der Waals surface area contributed by atoms with Crippen molar-refractivity contribution >= 4 is 23.4 Å². The summed E-state index contributed by atoms with van der Waals surface area (Å²) in [5.74, 6) is 1.34. The minimum Gasteiger partial charge on any atom is -0.511 e. The summed E-state index contributed by atoms with van der Waals surface area (Å²) in [6.45, 7) is 4.24. The first-order valence-corrected chi connectivity index (χ1v) is 8.19. The Bertz CT molecular complexity index is 438. The van der Waals surface area contributed by atoms with E-state index in [4.69, 9.17) is 9.57 Å². The summed E-state index contributed by atoms with van der Waals surface area (Å²) in [7, 11) is 0. The molecule has 1 unspecified atom stereocenters. The Kier molecular flexibility index (Phi) is 4.96. The molecule has 0 radical (unpaired) electrons. The Hall–Kier alpha value is -1.17. The number of nitrogens with zero attached hydrogens (tertiary/aromatic N) is 1. The maximum Gasteiger partial charge on any atom is 0.344 e. The quantitative estimate of drug-likeness (QED) is 0.480. The molecule has 20 heavy (non-hydrogen) atoms. The number of ether oxygens (including phenoxy) is 1. The highest BCUT2D eigenvalue weighted by molar-refractivity contribution is 7.99. The second-order valence-corrected chi connectivity index (χ2v) is 6.18. The zero-order chi connectivity index (χ0) is 14.6. The van der Waals surface area contributed by atoms with E-state index in [-0.39, 0.29) is 11.3 Å². The van der Waals surface area contributed by atoms with E-state index >= 15 is 0 Å². The van der Waals surface area contributed by atoms with Crippen LogP contribution < -0.4 is 0 Å². The van der Waals surface area contributed by atoms with E-state index in [1.165, 1.54) is 0 Å². The van der Waals surface area contributed by atoms with Crippen molar-refractivity contribution in [3.63, 3.8) is 0 Å². The number of aliphatic hydroxyl groups excluding tert-OH is 1. The number of esters is 1. The van der Waals surface area contributed by atoms with Crippen molar-refractivity contribution in [1.82, 2.24) is 0 Å². The van der Waals surface area contributed by atoms with Gasteiger partial charge in [-0.25, -0.2) is 4.79 Å². The molecule has 0 saturated carbocycles. The molecule has 6 heteroatoms. The third-order valence-corrected chi connectivity index (χ3v) is 4.66. The van der Waals surface area contributed by atoms with Crippen LogP contribution in [0.4, 0.5) is 0 Å². The van der Waals surface area contributed by atoms with Crippen LogP contribution in [0.5, 0.6) is 0 Å². The average molecular weight is 299 g/mol. The smallest absolute Gasteiger partial charge is 0.344 e. The molecule has 1 atom stereocenters. The number of carbonyl (C=O) groups is 1. The first kappa shape index (κ1) is 15.2. The van der Waals surface area contributed by atoms with Gasteiger partial charge in [0.1, 0.15) is 23.5 Å². The molecule has 0 aromatic carbocycles. The van der Waals surface area contributed by atoms with Crippen molar-refractivity contribution < 1.29 is 19.5 Å². The minimum atomic E-state index is -0.516. The summed E-state index contributed by atoms with van der Waals surface area (Å²) < 4.78 is 5.61. The van der Waals surface area contributed by atoms with Crippen LogP contribution in [0, 0.1) is 0 Å². The fraction of sp³-hybridized carbons (Fsp3) is 0.714. The van der Waals surface area contributed by atoms with E-state index in [9.17, 15) is 9.90 Å². The highest BCUT2D eigenvalue weighted by atomic mass is 32.2. The summed E-state index contributed by atoms with van der Waals surface area (Å²) in [6.07, 6.45) is 2.58. The molecule has 1 saturated heterocycles. The highest BCUT2D eigenvalue weighted by Gasteiger charge is 2.45. The third kappa shape index (κ3) is 3.11. The maximum atomic E-state index is 12.3. The predicted molar refractivity (Wildman–Crippen MR) is 79.0 cm³/mol. The molecule has 0 aliphatic carbocycles. The van der Waals surface area contributed by atoms with Gasteiger partial charge >= 0.3 is 5.97 Å². The van der Waals surface area contributed by atoms with E-state index in [0.29, 0.717) is 25.2 Å². The fourth-order valence-corrected chi connectivity index (χ4v) is 3.82. The van der Waals surface area contributed by atoms with E-state index in [0.717, 1.165) is 24.3 Å². The molecule has 1 fully saturated rings. The lowest BCUT2D eigenvalue weighted by molar-refractivity contribution is -0.155. The molecule has 2 heterocycles. The van der Waals surface area contributed by atoms with Crippen molar-refractivity contribution in [1.29, 1.82) is 0 Å². The molecule has 2 aliphatic heterocycles. The summed E-state index contributed by atoms with van der Waals surface area (Å²) in [4.78, 5) is 17.3. The summed E-state index contributed by atoms with van der Waals surface area (Å²) in [5, 5.41) is 14.3. The van der Waals surface area contributed by atoms with Crippen LogP contribution in [0.2, 0.25) is 0 Å². The van der Waals surface area contributed by atoms with E-state index in [1.54, 1.807) is 11.8 Å². The second-order valence-electron chi connectivity index (χ2n) is 5.08. The van der Waals surface area contributed by atoms with Gasteiger partial charge in [-0.05, 0) is 25.5 Å². The van der Waals surface area contributed by atoms with Gasteiger partial charge in [-0.2, -0.15) is 11.8 Å². The molecule has 1 N–H and O–H groups in total. The summed E-state index contributed by atoms with van der Waals surface area (Å²) in [5.41, 5.74) is 0.165. The van der Waals surface area contributed by atoms with Gasteiger partial charge < -0.3 is 14.7 Å². The predicted octanol–water partition coefficient (Wildman–Crippen LogP) is 2.81. The van der Waals surface area contributed by atoms with Gasteiger partial charge in [-0.3, -0.25) is 0 Å². The SMILES string of the molecule is CCCC(=NOCC)C1=C(O)CC2(CCSC2)OC1=O. The van der Waals surface area contributed by atoms with Crippen molar-refractivity contribution in [2.45, 2.75) is 45.1 Å². The lowest BCUT2D eigenvalue weighted by atomic mass is 9.90. The second kappa shape index (κ2) is 6.52. The number of aliphatic hydroxyl groups is 1. The first-order valence-electron chi connectivity index (χ1n) is 7.04. The molecule has 2 rings (SSSR count). The lowest BCUT2D eigenvalue weighted by Crippen LogP contribution is -2.41. The molecule has 0 bridgehead atoms. The van der Waals surface area contributed by atoms with E-state index < -0.39 is 11.6 Å². The Labute approximate surface area is 123 Å². The van der Waals surface area contributed by atoms with Gasteiger partial charge in [0, 0.05) is 12.2 Å². The van der Waals surface area contributed by atoms with Gasteiger partial charge in [-0.1, -0.05) is 18.5 Å². The zero-order valence-electron chi connectivity index (χ0n) is 12.0. The molecule has 2 aliphatic rings. The molecule has 0 amide bonds. The lowest BCUT2D eigenvalue weighted by Gasteiger charge is -2.33. The van der Waals surface area contributed by atoms with Gasteiger partial charge in [-0.15, -0.1) is 0 Å². The molecular weight excluding hydrogens is 278 g/mol. The highest BCUT2D eigenvalue weighted by Crippen LogP contribution is 2.40. The van der Waals surface area contributed by atoms with Crippen molar-refractivity contribution in [2.24, 2.45) is 5.16 Å². The van der Waals surface area contributed by atoms with Crippen molar-refractivity contribution in [2.75, 3.05) is 18.1 Å². The van der Waals surface area contributed by atoms with Crippen LogP contribution in [0.3, 0.4) is 0 Å². The van der Waals surface area contributed by atoms with Crippen LogP contribution in [-0.2, 0) is 14.4 Å². The van der Waals surface area contributed by atoms with Crippen LogP contribution in [0.1, 0.15) is 39.5 Å². The van der Waals surface area contributed by atoms with Gasteiger partial charge in [0.2, 0.25) is 0 Å². The molecule has 0 aromatic rings. The topological polar surface area (TPSA) is 68.1 Å². The minimum absolute atomic E-state index is 0.0932. The molecule has 0 aromatic heterocycles. The van der Waals surface area contributed by atoms with Crippen molar-refractivity contribution in [3.05, 3.63) is 11.3 Å². The van der Waals surface area contributed by atoms with Gasteiger partial charge in [0.25, 0.3) is 0 Å². The van der Waals surface area contributed by atoms with Crippen LogP contribution in [0.15, 0.2) is 16.5 Å². The van der Waals surface area contributed by atoms with Crippen LogP contribution in [0.25, 0.3) is 0 Å². The Morgan fingerprint density at radius 2 is 2.35 bits per heavy atom. The summed E-state index contributed by atoms with van der Waals surface area (Å²) in [6, 6.07) is 0. The van der Waals surface area contributed by atoms with E-state index in [1.807, 2.05) is 13.8 Å². The van der Waals surface area contributed by atoms with Gasteiger partial charge in [0.05, 0.1) is 5.71 Å². The molecule has 1 spiro atoms. The van der Waals surface area contributed by atoms with Gasteiger partial charge in [0.15, 0.2) is 0 Å². The number of hydrogen-bond donors (Lipinski definition) is 1. The Morgan fingerprint density at radius 1 is 1.55 bits per heavy atom. The maximum absolute atomic E-state index is 12.3. The largest absolute Gasteiger partial charge is 0.511 e. The Balaban J connectivity index is 2.26. The monoisotopic (exact) mass is 299 g/mol. The van der Waals surface area contributed by atoms with E-state index in [2.05, 4.69) is 5.16 Å². The standard InChI is InChI=1S/C14H21NO4S/c1-3-5-10(15-18-4-2)12-11(16)8-14(19-13(12)17)6-7-20-9-14/h16H,3-9H2,1-2H3. The molecular formula is C14H21NO4S. The number of rotatable bonds is 5. The number of carbonyl (C=O) groups excluding carboxylic acids is 1. The van der Waals surface area contributed by atoms with Crippen LogP contribution in [-0.4, -0.2) is 40.5 Å². The van der Waals surface area contributed by atoms with Crippen LogP contribution >= 0.6 is 11.8 Å². The number of hydrogen-bond acceptors (Lipinski definition) is 6. The number of oxime groups is 1. The average Bonchev–Trinajstić information content (AvgIpc) is 2.82. The fourth-order valence-electron chi connectivity index (χ4n) is 2.48. The third-order valence-electron chi connectivity index (χ3n) is 3.44. The number of thioether (sulfide) groups is 1. The normalized spacial score (nSPS) is 27.1. The zero-order valence-corrected chi connectivity index (χ0v) is 12.8. The molecule has 5 nitrogen and oxygen atoms in total. The molecule has 112 valence electrons. The Morgan fingerprint density at radius 3 is 2.90 bits per heavy atom. The van der Waals surface area contributed by atoms with Crippen molar-refractivity contribution in [3.8, 4) is 0 Å².